The highest BCUT2D eigenvalue weighted by Crippen LogP contribution is 2.29. The molecule has 1 amide bonds. The molecule has 23 heavy (non-hydrogen) atoms. The van der Waals surface area contributed by atoms with Crippen LogP contribution in [-0.4, -0.2) is 43.8 Å². The van der Waals surface area contributed by atoms with Crippen LogP contribution in [0, 0.1) is 0 Å². The molecule has 0 aromatic carbocycles. The van der Waals surface area contributed by atoms with Crippen molar-refractivity contribution in [3.63, 3.8) is 0 Å². The molecule has 1 aliphatic rings. The molecule has 0 N–H and O–H groups in total. The zero-order chi connectivity index (χ0) is 16.1. The Morgan fingerprint density at radius 1 is 1.48 bits per heavy atom. The molecule has 1 aliphatic carbocycles. The fraction of sp³-hybridized carbons (Fsp3) is 0.600. The Kier molecular flexibility index (Phi) is 5.66. The van der Waals surface area contributed by atoms with Gasteiger partial charge in [0, 0.05) is 11.9 Å². The average molecular weight is 352 g/mol. The number of thiophene rings is 1. The lowest BCUT2D eigenvalue weighted by Gasteiger charge is -2.16. The van der Waals surface area contributed by atoms with E-state index >= 15 is 0 Å². The first kappa shape index (κ1) is 16.4. The van der Waals surface area contributed by atoms with Crippen LogP contribution in [-0.2, 0) is 17.1 Å². The van der Waals surface area contributed by atoms with E-state index in [1.165, 1.54) is 17.7 Å². The molecule has 0 saturated heterocycles. The van der Waals surface area contributed by atoms with Crippen LogP contribution in [0.15, 0.2) is 17.5 Å². The first-order valence-corrected chi connectivity index (χ1v) is 9.88. The van der Waals surface area contributed by atoms with Crippen LogP contribution in [0.5, 0.6) is 0 Å². The van der Waals surface area contributed by atoms with Gasteiger partial charge in [-0.1, -0.05) is 18.9 Å². The number of carbonyl (C=O) groups excluding carboxylic acids is 1. The van der Waals surface area contributed by atoms with Gasteiger partial charge in [-0.05, 0) is 34.7 Å². The summed E-state index contributed by atoms with van der Waals surface area (Å²) in [7, 11) is 1.85. The van der Waals surface area contributed by atoms with E-state index in [0.29, 0.717) is 24.1 Å². The molecule has 0 radical (unpaired) electrons. The number of aromatic nitrogens is 4. The van der Waals surface area contributed by atoms with E-state index in [0.717, 1.165) is 18.7 Å². The van der Waals surface area contributed by atoms with Crippen LogP contribution in [0.3, 0.4) is 0 Å². The minimum absolute atomic E-state index is 0.142. The number of amides is 1. The summed E-state index contributed by atoms with van der Waals surface area (Å²) in [6.07, 6.45) is 4.82. The van der Waals surface area contributed by atoms with Gasteiger partial charge in [-0.3, -0.25) is 4.79 Å². The maximum Gasteiger partial charge on any atom is 0.232 e. The van der Waals surface area contributed by atoms with Crippen molar-refractivity contribution >= 4 is 29.0 Å². The second kappa shape index (κ2) is 7.92. The molecule has 1 fully saturated rings. The third-order valence-corrected chi connectivity index (χ3v) is 5.86. The Balaban J connectivity index is 1.46. The van der Waals surface area contributed by atoms with Crippen LogP contribution in [0.1, 0.15) is 42.4 Å². The van der Waals surface area contributed by atoms with E-state index in [-0.39, 0.29) is 5.91 Å². The monoisotopic (exact) mass is 351 g/mol. The van der Waals surface area contributed by atoms with Crippen LogP contribution in [0.4, 0.5) is 0 Å². The molecule has 2 heterocycles. The van der Waals surface area contributed by atoms with Crippen molar-refractivity contribution in [2.45, 2.75) is 44.0 Å². The van der Waals surface area contributed by atoms with Gasteiger partial charge in [0.15, 0.2) is 5.82 Å². The summed E-state index contributed by atoms with van der Waals surface area (Å²) in [5.41, 5.74) is 0. The van der Waals surface area contributed by atoms with Gasteiger partial charge < -0.3 is 4.90 Å². The van der Waals surface area contributed by atoms with E-state index in [2.05, 4.69) is 21.6 Å². The molecule has 1 saturated carbocycles. The normalized spacial score (nSPS) is 15.2. The molecule has 2 aromatic heterocycles. The summed E-state index contributed by atoms with van der Waals surface area (Å²) in [5, 5.41) is 14.1. The smallest absolute Gasteiger partial charge is 0.232 e. The fourth-order valence-electron chi connectivity index (χ4n) is 2.80. The Bertz CT molecular complexity index is 622. The van der Waals surface area contributed by atoms with Gasteiger partial charge in [0.05, 0.1) is 24.1 Å². The minimum atomic E-state index is 0.142. The van der Waals surface area contributed by atoms with Gasteiger partial charge >= 0.3 is 0 Å². The minimum Gasteiger partial charge on any atom is -0.340 e. The topological polar surface area (TPSA) is 63.9 Å². The summed E-state index contributed by atoms with van der Waals surface area (Å²) < 4.78 is 1.96. The van der Waals surface area contributed by atoms with Crippen molar-refractivity contribution in [2.75, 3.05) is 12.8 Å². The number of hydrogen-bond donors (Lipinski definition) is 0. The van der Waals surface area contributed by atoms with E-state index in [9.17, 15) is 4.79 Å². The highest BCUT2D eigenvalue weighted by Gasteiger charge is 2.21. The molecule has 0 spiro atoms. The van der Waals surface area contributed by atoms with E-state index < -0.39 is 0 Å². The Hall–Kier alpha value is -1.41. The number of hydrogen-bond acceptors (Lipinski definition) is 6. The lowest BCUT2D eigenvalue weighted by molar-refractivity contribution is -0.127. The first-order chi connectivity index (χ1) is 11.2. The molecule has 2 aromatic rings. The molecule has 0 unspecified atom stereocenters. The van der Waals surface area contributed by atoms with Gasteiger partial charge in [-0.15, -0.1) is 28.2 Å². The van der Waals surface area contributed by atoms with Crippen LogP contribution in [0.25, 0.3) is 0 Å². The highest BCUT2D eigenvalue weighted by atomic mass is 32.2. The van der Waals surface area contributed by atoms with Crippen molar-refractivity contribution < 1.29 is 4.79 Å². The SMILES string of the molecule is CN(Cc1cccs1)C(=O)CSCc1nnnn1C1CCCC1. The van der Waals surface area contributed by atoms with Gasteiger partial charge in [0.1, 0.15) is 0 Å². The molecule has 124 valence electrons. The lowest BCUT2D eigenvalue weighted by atomic mass is 10.2. The predicted octanol–water partition coefficient (Wildman–Crippen LogP) is 2.74. The third-order valence-electron chi connectivity index (χ3n) is 4.09. The number of thioether (sulfide) groups is 1. The number of nitrogens with zero attached hydrogens (tertiary/aromatic N) is 5. The summed E-state index contributed by atoms with van der Waals surface area (Å²) in [6.45, 7) is 0.677. The van der Waals surface area contributed by atoms with Crippen LogP contribution in [0.2, 0.25) is 0 Å². The van der Waals surface area contributed by atoms with E-state index in [4.69, 9.17) is 0 Å². The summed E-state index contributed by atoms with van der Waals surface area (Å²) in [6, 6.07) is 4.51. The standard InChI is InChI=1S/C15H21N5OS2/c1-19(9-13-7-4-8-23-13)15(21)11-22-10-14-16-17-18-20(14)12-5-2-3-6-12/h4,7-8,12H,2-3,5-6,9-11H2,1H3. The number of tetrazole rings is 1. The Morgan fingerprint density at radius 2 is 2.30 bits per heavy atom. The van der Waals surface area contributed by atoms with Crippen molar-refractivity contribution in [3.8, 4) is 0 Å². The van der Waals surface area contributed by atoms with Gasteiger partial charge in [0.25, 0.3) is 0 Å². The zero-order valence-corrected chi connectivity index (χ0v) is 14.9. The van der Waals surface area contributed by atoms with Gasteiger partial charge in [0.2, 0.25) is 5.91 Å². The van der Waals surface area contributed by atoms with Gasteiger partial charge in [-0.2, -0.15) is 0 Å². The largest absolute Gasteiger partial charge is 0.340 e. The Morgan fingerprint density at radius 3 is 3.04 bits per heavy atom. The molecule has 0 aliphatic heterocycles. The highest BCUT2D eigenvalue weighted by molar-refractivity contribution is 7.99. The second-order valence-corrected chi connectivity index (χ2v) is 7.82. The number of rotatable bonds is 7. The maximum absolute atomic E-state index is 12.2. The van der Waals surface area contributed by atoms with Gasteiger partial charge in [-0.25, -0.2) is 4.68 Å². The summed E-state index contributed by atoms with van der Waals surface area (Å²) >= 11 is 3.26. The van der Waals surface area contributed by atoms with Crippen molar-refractivity contribution in [1.29, 1.82) is 0 Å². The van der Waals surface area contributed by atoms with E-state index in [1.54, 1.807) is 28.0 Å². The van der Waals surface area contributed by atoms with Crippen LogP contribution < -0.4 is 0 Å². The summed E-state index contributed by atoms with van der Waals surface area (Å²) in [5.74, 6) is 2.17. The maximum atomic E-state index is 12.2. The zero-order valence-electron chi connectivity index (χ0n) is 13.2. The quantitative estimate of drug-likeness (QED) is 0.767. The molecule has 0 atom stereocenters. The summed E-state index contributed by atoms with van der Waals surface area (Å²) in [4.78, 5) is 15.2. The first-order valence-electron chi connectivity index (χ1n) is 7.85. The van der Waals surface area contributed by atoms with Crippen molar-refractivity contribution in [2.24, 2.45) is 0 Å². The second-order valence-electron chi connectivity index (χ2n) is 5.80. The Labute approximate surface area is 144 Å². The van der Waals surface area contributed by atoms with Crippen molar-refractivity contribution in [3.05, 3.63) is 28.2 Å². The third kappa shape index (κ3) is 4.32. The van der Waals surface area contributed by atoms with Crippen molar-refractivity contribution in [1.82, 2.24) is 25.1 Å². The molecule has 0 bridgehead atoms. The lowest BCUT2D eigenvalue weighted by Crippen LogP contribution is -2.27. The van der Waals surface area contributed by atoms with Crippen LogP contribution >= 0.6 is 23.1 Å². The molecular formula is C15H21N5OS2. The van der Waals surface area contributed by atoms with E-state index in [1.807, 2.05) is 23.2 Å². The molecule has 6 nitrogen and oxygen atoms in total. The number of carbonyl (C=O) groups is 1. The molecular weight excluding hydrogens is 330 g/mol. The molecule has 3 rings (SSSR count). The molecule has 8 heteroatoms. The average Bonchev–Trinajstić information content (AvgIpc) is 3.29. The fourth-order valence-corrected chi connectivity index (χ4v) is 4.43. The predicted molar refractivity (Wildman–Crippen MR) is 92.3 cm³/mol.